The molecular weight excluding hydrogens is 408 g/mol. The number of hydrogen-bond acceptors (Lipinski definition) is 5. The summed E-state index contributed by atoms with van der Waals surface area (Å²) in [6.07, 6.45) is 6.44. The number of halogens is 1. The molecule has 0 aliphatic rings. The van der Waals surface area contributed by atoms with Crippen molar-refractivity contribution in [3.05, 3.63) is 45.1 Å². The zero-order chi connectivity index (χ0) is 20.4. The summed E-state index contributed by atoms with van der Waals surface area (Å²) < 4.78 is 2.19. The minimum absolute atomic E-state index is 0.245. The number of nitrogens with zero attached hydrogens (tertiary/aromatic N) is 4. The van der Waals surface area contributed by atoms with Crippen LogP contribution in [0.4, 0.5) is 0 Å². The third kappa shape index (κ3) is 4.04. The predicted molar refractivity (Wildman–Crippen MR) is 123 cm³/mol. The van der Waals surface area contributed by atoms with Gasteiger partial charge in [-0.25, -0.2) is 14.6 Å². The predicted octanol–water partition coefficient (Wildman–Crippen LogP) is 6.71. The lowest BCUT2D eigenvalue weighted by Gasteiger charge is -2.29. The molecule has 0 amide bonds. The third-order valence-corrected chi connectivity index (χ3v) is 7.17. The quantitative estimate of drug-likeness (QED) is 0.387. The van der Waals surface area contributed by atoms with E-state index in [2.05, 4.69) is 60.9 Å². The van der Waals surface area contributed by atoms with Gasteiger partial charge in [-0.15, -0.1) is 22.7 Å². The molecule has 7 heteroatoms. The van der Waals surface area contributed by atoms with Crippen molar-refractivity contribution < 1.29 is 0 Å². The highest BCUT2D eigenvalue weighted by Crippen LogP contribution is 2.43. The SMILES string of the molecule is CCC/C(C)=C/C(C)N(C)n1c(C)nc(C)c1-c1scc(-c2nccs2)c1Cl. The van der Waals surface area contributed by atoms with Gasteiger partial charge in [0, 0.05) is 29.6 Å². The Bertz CT molecular complexity index is 969. The number of allylic oxidation sites excluding steroid dienone is 1. The van der Waals surface area contributed by atoms with E-state index in [1.807, 2.05) is 18.5 Å². The molecule has 0 N–H and O–H groups in total. The van der Waals surface area contributed by atoms with Crippen molar-refractivity contribution in [1.29, 1.82) is 0 Å². The highest BCUT2D eigenvalue weighted by molar-refractivity contribution is 7.16. The Morgan fingerprint density at radius 3 is 2.75 bits per heavy atom. The maximum absolute atomic E-state index is 6.82. The van der Waals surface area contributed by atoms with Crippen LogP contribution in [-0.2, 0) is 0 Å². The molecule has 0 saturated carbocycles. The van der Waals surface area contributed by atoms with E-state index in [1.54, 1.807) is 22.7 Å². The highest BCUT2D eigenvalue weighted by atomic mass is 35.5. The third-order valence-electron chi connectivity index (χ3n) is 4.87. The number of thiazole rings is 1. The molecule has 0 radical (unpaired) electrons. The van der Waals surface area contributed by atoms with Gasteiger partial charge in [-0.1, -0.05) is 36.6 Å². The smallest absolute Gasteiger partial charge is 0.125 e. The van der Waals surface area contributed by atoms with Crippen molar-refractivity contribution in [3.63, 3.8) is 0 Å². The van der Waals surface area contributed by atoms with E-state index in [0.717, 1.165) is 50.5 Å². The average molecular weight is 435 g/mol. The summed E-state index contributed by atoms with van der Waals surface area (Å²) in [7, 11) is 2.11. The Morgan fingerprint density at radius 1 is 1.36 bits per heavy atom. The summed E-state index contributed by atoms with van der Waals surface area (Å²) in [4.78, 5) is 10.2. The zero-order valence-electron chi connectivity index (χ0n) is 17.3. The molecule has 0 bridgehead atoms. The molecule has 150 valence electrons. The summed E-state index contributed by atoms with van der Waals surface area (Å²) in [5.74, 6) is 0.962. The fraction of sp³-hybridized carbons (Fsp3) is 0.429. The first-order chi connectivity index (χ1) is 13.3. The largest absolute Gasteiger partial charge is 0.307 e. The number of rotatable bonds is 7. The normalized spacial score (nSPS) is 13.2. The first-order valence-electron chi connectivity index (χ1n) is 9.48. The molecule has 28 heavy (non-hydrogen) atoms. The van der Waals surface area contributed by atoms with Crippen LogP contribution in [0.3, 0.4) is 0 Å². The van der Waals surface area contributed by atoms with E-state index >= 15 is 0 Å². The van der Waals surface area contributed by atoms with E-state index < -0.39 is 0 Å². The van der Waals surface area contributed by atoms with Gasteiger partial charge in [-0.05, 0) is 34.1 Å². The van der Waals surface area contributed by atoms with Gasteiger partial charge < -0.3 is 5.01 Å². The number of aryl methyl sites for hydroxylation is 2. The Labute approximate surface area is 180 Å². The molecule has 1 atom stereocenters. The molecule has 3 heterocycles. The van der Waals surface area contributed by atoms with E-state index in [4.69, 9.17) is 16.6 Å². The van der Waals surface area contributed by atoms with Gasteiger partial charge in [-0.2, -0.15) is 0 Å². The van der Waals surface area contributed by atoms with Gasteiger partial charge >= 0.3 is 0 Å². The Morgan fingerprint density at radius 2 is 2.11 bits per heavy atom. The standard InChI is InChI=1S/C21H27ClN4S2/c1-7-8-13(2)11-14(3)25(6)26-16(5)24-15(4)19(26)20-18(22)17(12-28-20)21-23-9-10-27-21/h9-12,14H,7-8H2,1-6H3/b13-11+. The van der Waals surface area contributed by atoms with Crippen LogP contribution in [0.15, 0.2) is 28.6 Å². The van der Waals surface area contributed by atoms with Crippen LogP contribution >= 0.6 is 34.3 Å². The number of thiophene rings is 1. The molecule has 0 fully saturated rings. The summed E-state index contributed by atoms with van der Waals surface area (Å²) in [6, 6.07) is 0.245. The zero-order valence-corrected chi connectivity index (χ0v) is 19.7. The van der Waals surface area contributed by atoms with Gasteiger partial charge in [0.15, 0.2) is 0 Å². The lowest BCUT2D eigenvalue weighted by molar-refractivity contribution is 0.592. The molecule has 0 aliphatic carbocycles. The first-order valence-corrected chi connectivity index (χ1v) is 11.6. The molecule has 3 aromatic heterocycles. The molecule has 0 saturated heterocycles. The minimum atomic E-state index is 0.245. The summed E-state index contributed by atoms with van der Waals surface area (Å²) in [6.45, 7) is 10.7. The maximum atomic E-state index is 6.82. The van der Waals surface area contributed by atoms with Gasteiger partial charge in [0.05, 0.1) is 21.6 Å². The van der Waals surface area contributed by atoms with Crippen LogP contribution in [0.5, 0.6) is 0 Å². The molecule has 4 nitrogen and oxygen atoms in total. The van der Waals surface area contributed by atoms with Crippen molar-refractivity contribution in [2.45, 2.75) is 53.5 Å². The fourth-order valence-corrected chi connectivity index (χ4v) is 5.74. The maximum Gasteiger partial charge on any atom is 0.125 e. The van der Waals surface area contributed by atoms with Crippen LogP contribution in [-0.4, -0.2) is 27.7 Å². The van der Waals surface area contributed by atoms with Crippen LogP contribution in [0, 0.1) is 13.8 Å². The van der Waals surface area contributed by atoms with Crippen molar-refractivity contribution in [2.75, 3.05) is 12.1 Å². The molecule has 3 aromatic rings. The molecule has 0 aromatic carbocycles. The Kier molecular flexibility index (Phi) is 6.63. The van der Waals surface area contributed by atoms with Crippen molar-refractivity contribution in [1.82, 2.24) is 14.6 Å². The molecule has 3 rings (SSSR count). The van der Waals surface area contributed by atoms with E-state index in [1.165, 1.54) is 5.57 Å². The van der Waals surface area contributed by atoms with Crippen molar-refractivity contribution in [3.8, 4) is 21.1 Å². The van der Waals surface area contributed by atoms with Gasteiger partial charge in [-0.3, -0.25) is 0 Å². The van der Waals surface area contributed by atoms with Crippen molar-refractivity contribution >= 4 is 34.3 Å². The lowest BCUT2D eigenvalue weighted by Crippen LogP contribution is -2.38. The second-order valence-corrected chi connectivity index (χ2v) is 9.26. The Balaban J connectivity index is 2.04. The monoisotopic (exact) mass is 434 g/mol. The second kappa shape index (κ2) is 8.80. The van der Waals surface area contributed by atoms with Crippen LogP contribution in [0.2, 0.25) is 5.02 Å². The van der Waals surface area contributed by atoms with Crippen LogP contribution in [0.1, 0.15) is 45.1 Å². The number of aromatic nitrogens is 3. The number of hydrogen-bond donors (Lipinski definition) is 0. The summed E-state index contributed by atoms with van der Waals surface area (Å²) in [5.41, 5.74) is 4.46. The van der Waals surface area contributed by atoms with E-state index in [-0.39, 0.29) is 6.04 Å². The van der Waals surface area contributed by atoms with Crippen LogP contribution in [0.25, 0.3) is 21.1 Å². The van der Waals surface area contributed by atoms with Gasteiger partial charge in [0.25, 0.3) is 0 Å². The summed E-state index contributed by atoms with van der Waals surface area (Å²) >= 11 is 10.1. The Hall–Kier alpha value is -1.63. The molecule has 0 aliphatic heterocycles. The fourth-order valence-electron chi connectivity index (χ4n) is 3.49. The molecule has 1 unspecified atom stereocenters. The average Bonchev–Trinajstić information content (AvgIpc) is 3.34. The lowest BCUT2D eigenvalue weighted by atomic mass is 10.1. The topological polar surface area (TPSA) is 34.0 Å². The van der Waals surface area contributed by atoms with Gasteiger partial charge in [0.2, 0.25) is 0 Å². The van der Waals surface area contributed by atoms with E-state index in [9.17, 15) is 0 Å². The first kappa shape index (κ1) is 21.1. The van der Waals surface area contributed by atoms with Crippen molar-refractivity contribution in [2.24, 2.45) is 0 Å². The van der Waals surface area contributed by atoms with E-state index in [0.29, 0.717) is 0 Å². The van der Waals surface area contributed by atoms with Crippen LogP contribution < -0.4 is 5.01 Å². The number of likely N-dealkylation sites (N-methyl/N-ethyl adjacent to an activating group) is 1. The summed E-state index contributed by atoms with van der Waals surface area (Å²) in [5, 5.41) is 8.01. The molecular formula is C21H27ClN4S2. The minimum Gasteiger partial charge on any atom is -0.307 e. The van der Waals surface area contributed by atoms with Gasteiger partial charge in [0.1, 0.15) is 16.5 Å². The second-order valence-electron chi connectivity index (χ2n) is 7.11. The highest BCUT2D eigenvalue weighted by Gasteiger charge is 2.24. The molecule has 0 spiro atoms. The number of imidazole rings is 1.